The summed E-state index contributed by atoms with van der Waals surface area (Å²) in [6.45, 7) is 2.14. The number of benzene rings is 3. The van der Waals surface area contributed by atoms with Crippen molar-refractivity contribution in [3.8, 4) is 5.75 Å². The molecule has 3 aromatic rings. The van der Waals surface area contributed by atoms with Crippen LogP contribution in [0.25, 0.3) is 11.1 Å². The zero-order chi connectivity index (χ0) is 19.0. The zero-order valence-electron chi connectivity index (χ0n) is 15.3. The molecule has 0 radical (unpaired) electrons. The molecule has 3 aromatic carbocycles. The number of carbonyl (C=O) groups excluding carboxylic acids is 1. The number of allylic oxidation sites excluding steroid dienone is 1. The van der Waals surface area contributed by atoms with Gasteiger partial charge in [0.1, 0.15) is 5.75 Å². The Kier molecular flexibility index (Phi) is 4.71. The summed E-state index contributed by atoms with van der Waals surface area (Å²) < 4.78 is 6.23. The summed E-state index contributed by atoms with van der Waals surface area (Å²) >= 11 is 3.55. The number of fused-ring (bicyclic) bond motifs is 1. The lowest BCUT2D eigenvalue weighted by atomic mass is 9.93. The number of aryl methyl sites for hydroxylation is 1. The molecule has 134 valence electrons. The molecule has 0 saturated heterocycles. The van der Waals surface area contributed by atoms with Crippen molar-refractivity contribution in [2.75, 3.05) is 7.11 Å². The summed E-state index contributed by atoms with van der Waals surface area (Å²) in [5.74, 6) is 0.844. The molecule has 0 saturated carbocycles. The van der Waals surface area contributed by atoms with Crippen LogP contribution in [0.3, 0.4) is 0 Å². The molecule has 0 aromatic heterocycles. The van der Waals surface area contributed by atoms with Gasteiger partial charge in [0.15, 0.2) is 5.78 Å². The summed E-state index contributed by atoms with van der Waals surface area (Å²) in [5, 5.41) is 0. The lowest BCUT2D eigenvalue weighted by Gasteiger charge is -2.10. The van der Waals surface area contributed by atoms with Gasteiger partial charge in [-0.15, -0.1) is 0 Å². The molecule has 0 unspecified atom stereocenters. The quantitative estimate of drug-likeness (QED) is 0.505. The Bertz CT molecular complexity index is 1040. The Balaban J connectivity index is 1.96. The Morgan fingerprint density at radius 2 is 1.44 bits per heavy atom. The third-order valence-electron chi connectivity index (χ3n) is 5.00. The maximum atomic E-state index is 13.3. The van der Waals surface area contributed by atoms with Crippen LogP contribution < -0.4 is 4.74 Å². The average Bonchev–Trinajstić information content (AvgIpc) is 2.99. The van der Waals surface area contributed by atoms with E-state index in [4.69, 9.17) is 4.74 Å². The van der Waals surface area contributed by atoms with E-state index in [1.165, 1.54) is 5.56 Å². The third kappa shape index (κ3) is 3.13. The average molecular weight is 419 g/mol. The first-order chi connectivity index (χ1) is 13.1. The summed E-state index contributed by atoms with van der Waals surface area (Å²) in [6.07, 6.45) is 0.992. The number of carbonyl (C=O) groups is 1. The lowest BCUT2D eigenvalue weighted by Crippen LogP contribution is -1.98. The van der Waals surface area contributed by atoms with E-state index in [9.17, 15) is 4.79 Å². The zero-order valence-corrected chi connectivity index (χ0v) is 16.8. The maximum Gasteiger partial charge on any atom is 0.194 e. The maximum absolute atomic E-state index is 13.3. The van der Waals surface area contributed by atoms with Crippen LogP contribution in [0.1, 0.15) is 39.5 Å². The monoisotopic (exact) mass is 418 g/mol. The van der Waals surface area contributed by atoms with E-state index in [1.54, 1.807) is 7.11 Å². The van der Waals surface area contributed by atoms with Crippen LogP contribution in [-0.4, -0.2) is 12.9 Å². The van der Waals surface area contributed by atoms with Crippen LogP contribution >= 0.6 is 15.9 Å². The summed E-state index contributed by atoms with van der Waals surface area (Å²) in [4.78, 5) is 13.3. The number of hydrogen-bond acceptors (Lipinski definition) is 2. The third-order valence-corrected chi connectivity index (χ3v) is 5.50. The van der Waals surface area contributed by atoms with Crippen molar-refractivity contribution in [2.45, 2.75) is 13.3 Å². The van der Waals surface area contributed by atoms with Gasteiger partial charge in [-0.2, -0.15) is 0 Å². The van der Waals surface area contributed by atoms with Crippen molar-refractivity contribution in [1.29, 1.82) is 0 Å². The second-order valence-corrected chi connectivity index (χ2v) is 7.46. The molecule has 0 heterocycles. The summed E-state index contributed by atoms with van der Waals surface area (Å²) in [5.41, 5.74) is 6.71. The molecular formula is C24H19BrO2. The second kappa shape index (κ2) is 7.16. The number of rotatable bonds is 4. The molecule has 0 spiro atoms. The van der Waals surface area contributed by atoms with E-state index in [0.29, 0.717) is 0 Å². The van der Waals surface area contributed by atoms with E-state index in [1.807, 2.05) is 42.5 Å². The number of ether oxygens (including phenoxy) is 1. The molecule has 2 nitrogen and oxygen atoms in total. The second-order valence-electron chi connectivity index (χ2n) is 6.55. The largest absolute Gasteiger partial charge is 0.497 e. The van der Waals surface area contributed by atoms with E-state index >= 15 is 0 Å². The highest BCUT2D eigenvalue weighted by atomic mass is 79.9. The first-order valence-electron chi connectivity index (χ1n) is 8.95. The van der Waals surface area contributed by atoms with Gasteiger partial charge in [0.25, 0.3) is 0 Å². The predicted molar refractivity (Wildman–Crippen MR) is 113 cm³/mol. The number of ketones is 1. The Hall–Kier alpha value is -2.65. The number of halogens is 1. The highest BCUT2D eigenvalue weighted by Gasteiger charge is 2.31. The van der Waals surface area contributed by atoms with Crippen LogP contribution in [0, 0.1) is 0 Å². The Morgan fingerprint density at radius 3 is 2.07 bits per heavy atom. The van der Waals surface area contributed by atoms with Crippen LogP contribution in [0.4, 0.5) is 0 Å². The first kappa shape index (κ1) is 17.7. The van der Waals surface area contributed by atoms with Gasteiger partial charge in [-0.1, -0.05) is 59.3 Å². The van der Waals surface area contributed by atoms with E-state index in [0.717, 1.165) is 50.0 Å². The molecule has 0 atom stereocenters. The molecule has 3 heteroatoms. The van der Waals surface area contributed by atoms with Crippen molar-refractivity contribution in [3.63, 3.8) is 0 Å². The molecule has 27 heavy (non-hydrogen) atoms. The highest BCUT2D eigenvalue weighted by molar-refractivity contribution is 9.10. The van der Waals surface area contributed by atoms with Gasteiger partial charge in [0.2, 0.25) is 0 Å². The van der Waals surface area contributed by atoms with Gasteiger partial charge in [0.05, 0.1) is 7.11 Å². The molecule has 4 rings (SSSR count). The molecule has 0 N–H and O–H groups in total. The fraction of sp³-hybridized carbons (Fsp3) is 0.125. The standard InChI is InChI=1S/C24H19BrO2/c1-3-15-4-6-16(7-5-15)22-21-14-18(25)10-13-20(21)24(26)23(22)17-8-11-19(27-2)12-9-17/h4-14H,3H2,1-2H3. The van der Waals surface area contributed by atoms with Crippen molar-refractivity contribution in [3.05, 3.63) is 99.0 Å². The molecule has 0 aliphatic heterocycles. The van der Waals surface area contributed by atoms with Gasteiger partial charge in [-0.3, -0.25) is 4.79 Å². The number of methoxy groups -OCH3 is 1. The topological polar surface area (TPSA) is 26.3 Å². The molecule has 0 amide bonds. The Labute approximate surface area is 167 Å². The number of Topliss-reactive ketones (excluding diaryl/α,β-unsaturated/α-hetero) is 1. The summed E-state index contributed by atoms with van der Waals surface area (Å²) in [7, 11) is 1.64. The minimum atomic E-state index is 0.0669. The SMILES string of the molecule is CCc1ccc(C2=C(c3ccc(OC)cc3)C(=O)c3ccc(Br)cc32)cc1. The molecule has 0 bridgehead atoms. The molecule has 0 fully saturated rings. The van der Waals surface area contributed by atoms with Crippen molar-refractivity contribution in [2.24, 2.45) is 0 Å². The van der Waals surface area contributed by atoms with Gasteiger partial charge in [-0.05, 0) is 59.0 Å². The van der Waals surface area contributed by atoms with Crippen molar-refractivity contribution in [1.82, 2.24) is 0 Å². The van der Waals surface area contributed by atoms with E-state index < -0.39 is 0 Å². The van der Waals surface area contributed by atoms with Gasteiger partial charge in [0, 0.05) is 21.2 Å². The smallest absolute Gasteiger partial charge is 0.194 e. The van der Waals surface area contributed by atoms with Crippen LogP contribution in [0.15, 0.2) is 71.2 Å². The van der Waals surface area contributed by atoms with Crippen LogP contribution in [0.2, 0.25) is 0 Å². The van der Waals surface area contributed by atoms with E-state index in [2.05, 4.69) is 47.1 Å². The lowest BCUT2D eigenvalue weighted by molar-refractivity contribution is 0.105. The molecule has 1 aliphatic carbocycles. The summed E-state index contributed by atoms with van der Waals surface area (Å²) in [6, 6.07) is 22.0. The molecular weight excluding hydrogens is 400 g/mol. The van der Waals surface area contributed by atoms with Crippen LogP contribution in [0.5, 0.6) is 5.75 Å². The predicted octanol–water partition coefficient (Wildman–Crippen LogP) is 6.18. The van der Waals surface area contributed by atoms with Crippen molar-refractivity contribution < 1.29 is 9.53 Å². The minimum absolute atomic E-state index is 0.0669. The minimum Gasteiger partial charge on any atom is -0.497 e. The van der Waals surface area contributed by atoms with Gasteiger partial charge < -0.3 is 4.74 Å². The normalized spacial score (nSPS) is 13.1. The Morgan fingerprint density at radius 1 is 0.815 bits per heavy atom. The van der Waals surface area contributed by atoms with Gasteiger partial charge >= 0.3 is 0 Å². The molecule has 1 aliphatic rings. The van der Waals surface area contributed by atoms with Crippen molar-refractivity contribution >= 4 is 32.9 Å². The highest BCUT2D eigenvalue weighted by Crippen LogP contribution is 2.43. The van der Waals surface area contributed by atoms with E-state index in [-0.39, 0.29) is 5.78 Å². The fourth-order valence-electron chi connectivity index (χ4n) is 3.54. The first-order valence-corrected chi connectivity index (χ1v) is 9.74. The number of hydrogen-bond donors (Lipinski definition) is 0. The van der Waals surface area contributed by atoms with Crippen LogP contribution in [-0.2, 0) is 6.42 Å². The fourth-order valence-corrected chi connectivity index (χ4v) is 3.91. The van der Waals surface area contributed by atoms with Gasteiger partial charge in [-0.25, -0.2) is 0 Å².